The van der Waals surface area contributed by atoms with Crippen molar-refractivity contribution in [2.24, 2.45) is 0 Å². The van der Waals surface area contributed by atoms with Crippen molar-refractivity contribution in [2.75, 3.05) is 4.90 Å². The van der Waals surface area contributed by atoms with E-state index in [0.717, 1.165) is 72.5 Å². The van der Waals surface area contributed by atoms with E-state index in [0.29, 0.717) is 0 Å². The van der Waals surface area contributed by atoms with Gasteiger partial charge in [-0.15, -0.1) is 0 Å². The SMILES string of the molecule is c1ccc(-c2ccc(N(c3cc(-c4ccc5c(c4)c4c6c(ccc4n5-c4ccccc4)C4(c5ccccc5-c5ccccc54)c4ccccc4-6)cc(-c4cccc5ccccc45)c3)c3cccc4oc5ccccc5c34)cc2)cc1. The third-order valence-corrected chi connectivity index (χ3v) is 17.4. The van der Waals surface area contributed by atoms with Crippen molar-refractivity contribution in [2.45, 2.75) is 5.41 Å². The van der Waals surface area contributed by atoms with Crippen LogP contribution in [0.4, 0.5) is 17.1 Å². The maximum Gasteiger partial charge on any atom is 0.137 e. The number of para-hydroxylation sites is 2. The number of hydrogen-bond donors (Lipinski definition) is 0. The van der Waals surface area contributed by atoms with Crippen molar-refractivity contribution in [3.8, 4) is 61.3 Å². The number of anilines is 3. The minimum Gasteiger partial charge on any atom is -0.456 e. The summed E-state index contributed by atoms with van der Waals surface area (Å²) in [5, 5.41) is 7.04. The molecule has 0 unspecified atom stereocenters. The lowest BCUT2D eigenvalue weighted by molar-refractivity contribution is 0.669. The summed E-state index contributed by atoms with van der Waals surface area (Å²) in [5.74, 6) is 0. The maximum absolute atomic E-state index is 6.63. The molecule has 80 heavy (non-hydrogen) atoms. The first-order valence-corrected chi connectivity index (χ1v) is 27.6. The Labute approximate surface area is 463 Å². The van der Waals surface area contributed by atoms with Crippen LogP contribution in [0.25, 0.3) is 116 Å². The zero-order valence-electron chi connectivity index (χ0n) is 43.5. The average Bonchev–Trinajstić information content (AvgIpc) is 4.40. The normalized spacial score (nSPS) is 12.8. The summed E-state index contributed by atoms with van der Waals surface area (Å²) < 4.78 is 9.11. The Balaban J connectivity index is 0.956. The lowest BCUT2D eigenvalue weighted by Gasteiger charge is -2.30. The van der Waals surface area contributed by atoms with Gasteiger partial charge in [-0.1, -0.05) is 212 Å². The first-order chi connectivity index (χ1) is 39.7. The molecule has 1 spiro atoms. The molecule has 3 nitrogen and oxygen atoms in total. The van der Waals surface area contributed by atoms with Gasteiger partial charge in [0.15, 0.2) is 0 Å². The van der Waals surface area contributed by atoms with Crippen LogP contribution in [0.1, 0.15) is 22.3 Å². The third-order valence-electron chi connectivity index (χ3n) is 17.4. The van der Waals surface area contributed by atoms with Crippen LogP contribution in [0.5, 0.6) is 0 Å². The molecule has 2 aliphatic carbocycles. The van der Waals surface area contributed by atoms with Crippen molar-refractivity contribution in [3.05, 3.63) is 313 Å². The van der Waals surface area contributed by atoms with Crippen molar-refractivity contribution < 1.29 is 4.42 Å². The van der Waals surface area contributed by atoms with Gasteiger partial charge in [-0.05, 0) is 168 Å². The van der Waals surface area contributed by atoms with Gasteiger partial charge < -0.3 is 13.9 Å². The summed E-state index contributed by atoms with van der Waals surface area (Å²) in [6.45, 7) is 0. The van der Waals surface area contributed by atoms with Crippen molar-refractivity contribution in [1.29, 1.82) is 0 Å². The van der Waals surface area contributed by atoms with E-state index in [9.17, 15) is 0 Å². The summed E-state index contributed by atoms with van der Waals surface area (Å²) in [4.78, 5) is 2.44. The van der Waals surface area contributed by atoms with Crippen LogP contribution in [0.2, 0.25) is 0 Å². The smallest absolute Gasteiger partial charge is 0.137 e. The van der Waals surface area contributed by atoms with Gasteiger partial charge in [0.1, 0.15) is 11.2 Å². The lowest BCUT2D eigenvalue weighted by Crippen LogP contribution is -2.25. The molecule has 372 valence electrons. The molecule has 13 aromatic carbocycles. The molecule has 0 aliphatic heterocycles. The first kappa shape index (κ1) is 44.6. The molecule has 2 heterocycles. The zero-order valence-corrected chi connectivity index (χ0v) is 43.5. The van der Waals surface area contributed by atoms with Crippen LogP contribution in [0.15, 0.2) is 296 Å². The molecule has 0 bridgehead atoms. The predicted octanol–water partition coefficient (Wildman–Crippen LogP) is 20.7. The number of benzene rings is 13. The molecule has 2 aromatic heterocycles. The van der Waals surface area contributed by atoms with Crippen molar-refractivity contribution in [3.63, 3.8) is 0 Å². The molecule has 0 N–H and O–H groups in total. The number of furan rings is 1. The summed E-state index contributed by atoms with van der Waals surface area (Å²) in [6.07, 6.45) is 0. The van der Waals surface area contributed by atoms with E-state index in [1.165, 1.54) is 82.7 Å². The maximum atomic E-state index is 6.63. The van der Waals surface area contributed by atoms with E-state index in [1.54, 1.807) is 0 Å². The highest BCUT2D eigenvalue weighted by Crippen LogP contribution is 2.64. The summed E-state index contributed by atoms with van der Waals surface area (Å²) in [5.41, 5.74) is 25.3. The van der Waals surface area contributed by atoms with E-state index in [4.69, 9.17) is 4.42 Å². The second kappa shape index (κ2) is 17.3. The van der Waals surface area contributed by atoms with Crippen molar-refractivity contribution >= 4 is 71.6 Å². The number of aromatic nitrogens is 1. The molecule has 0 saturated carbocycles. The standard InChI is InChI=1S/C77H48N2O/c1-3-19-49(20-4-1)50-37-40-56(41-38-50)78(70-34-18-36-73-75(70)63-29-12-16-35-72(63)80-73)57-46-53(45-54(47-57)59-30-17-22-51-21-7-8-25-58(51)59)52-39-43-69-64(48-52)76-71(79(69)55-23-5-2-6-24-55)44-42-68-74(76)62-28-11-15-33-67(62)77(68)65-31-13-9-26-60(65)61-27-10-14-32-66(61)77/h1-48H. The quantitative estimate of drug-likeness (QED) is 0.159. The molecule has 0 saturated heterocycles. The Hall–Kier alpha value is -10.5. The minimum atomic E-state index is -0.473. The number of fused-ring (bicyclic) bond motifs is 18. The molecule has 0 atom stereocenters. The van der Waals surface area contributed by atoms with E-state index in [1.807, 2.05) is 0 Å². The fourth-order valence-corrected chi connectivity index (χ4v) is 14.1. The van der Waals surface area contributed by atoms with Crippen LogP contribution >= 0.6 is 0 Å². The molecule has 0 radical (unpaired) electrons. The number of hydrogen-bond acceptors (Lipinski definition) is 2. The van der Waals surface area contributed by atoms with Crippen LogP contribution in [0.3, 0.4) is 0 Å². The summed E-state index contributed by atoms with van der Waals surface area (Å²) in [7, 11) is 0. The Morgan fingerprint density at radius 1 is 0.312 bits per heavy atom. The van der Waals surface area contributed by atoms with Crippen LogP contribution in [-0.4, -0.2) is 4.57 Å². The molecule has 17 rings (SSSR count). The Morgan fingerprint density at radius 3 is 1.68 bits per heavy atom. The highest BCUT2D eigenvalue weighted by molar-refractivity contribution is 6.20. The van der Waals surface area contributed by atoms with Crippen LogP contribution in [-0.2, 0) is 5.41 Å². The van der Waals surface area contributed by atoms with Gasteiger partial charge in [0, 0.05) is 33.2 Å². The van der Waals surface area contributed by atoms with Gasteiger partial charge in [-0.2, -0.15) is 0 Å². The second-order valence-electron chi connectivity index (χ2n) is 21.5. The monoisotopic (exact) mass is 1020 g/mol. The molecule has 0 amide bonds. The largest absolute Gasteiger partial charge is 0.456 e. The Kier molecular flexibility index (Phi) is 9.63. The summed E-state index contributed by atoms with van der Waals surface area (Å²) in [6, 6.07) is 108. The lowest BCUT2D eigenvalue weighted by atomic mass is 9.70. The predicted molar refractivity (Wildman–Crippen MR) is 333 cm³/mol. The van der Waals surface area contributed by atoms with Crippen LogP contribution < -0.4 is 4.90 Å². The van der Waals surface area contributed by atoms with Gasteiger partial charge in [-0.3, -0.25) is 0 Å². The summed E-state index contributed by atoms with van der Waals surface area (Å²) >= 11 is 0. The fraction of sp³-hybridized carbons (Fsp3) is 0.0130. The molecular formula is C77H48N2O. The molecule has 3 heteroatoms. The van der Waals surface area contributed by atoms with Gasteiger partial charge in [-0.25, -0.2) is 0 Å². The van der Waals surface area contributed by atoms with Gasteiger partial charge in [0.2, 0.25) is 0 Å². The number of rotatable bonds is 7. The Bertz CT molecular complexity index is 4960. The third kappa shape index (κ3) is 6.37. The van der Waals surface area contributed by atoms with Gasteiger partial charge >= 0.3 is 0 Å². The topological polar surface area (TPSA) is 21.3 Å². The average molecular weight is 1020 g/mol. The highest BCUT2D eigenvalue weighted by atomic mass is 16.3. The molecule has 15 aromatic rings. The van der Waals surface area contributed by atoms with E-state index >= 15 is 0 Å². The van der Waals surface area contributed by atoms with Crippen LogP contribution in [0, 0.1) is 0 Å². The number of nitrogens with zero attached hydrogens (tertiary/aromatic N) is 2. The van der Waals surface area contributed by atoms with E-state index in [-0.39, 0.29) is 0 Å². The van der Waals surface area contributed by atoms with Crippen molar-refractivity contribution in [1.82, 2.24) is 4.57 Å². The highest BCUT2D eigenvalue weighted by Gasteiger charge is 2.52. The Morgan fingerprint density at radius 2 is 0.887 bits per heavy atom. The second-order valence-corrected chi connectivity index (χ2v) is 21.5. The van der Waals surface area contributed by atoms with Gasteiger partial charge in [0.05, 0.1) is 27.5 Å². The molecule has 2 aliphatic rings. The van der Waals surface area contributed by atoms with Gasteiger partial charge in [0.25, 0.3) is 0 Å². The molecule has 0 fully saturated rings. The van der Waals surface area contributed by atoms with E-state index < -0.39 is 5.41 Å². The van der Waals surface area contributed by atoms with E-state index in [2.05, 4.69) is 301 Å². The fourth-order valence-electron chi connectivity index (χ4n) is 14.1. The first-order valence-electron chi connectivity index (χ1n) is 27.6. The minimum absolute atomic E-state index is 0.473. The molecular weight excluding hydrogens is 969 g/mol. The zero-order chi connectivity index (χ0) is 52.5.